The first-order chi connectivity index (χ1) is 27.8. The molecular formula is C46H51IN4O6. The molecule has 4 atom stereocenters. The number of amides is 4. The van der Waals surface area contributed by atoms with E-state index in [9.17, 15) is 22.2 Å². The maximum absolute atomic E-state index is 14.6. The highest BCUT2D eigenvalue weighted by Crippen LogP contribution is 2.44. The number of benzene rings is 4. The monoisotopic (exact) mass is 882 g/mol. The number of hydrogen-bond donors (Lipinski definition) is 2. The summed E-state index contributed by atoms with van der Waals surface area (Å²) in [6.07, 6.45) is 4.97. The standard InChI is InChI=1S/C46H51IN4O6/c1-30(50(2)46(55)57-29-38-36-25-14-12-23-34(36)35-24-13-15-26-37(35)38)43(52)48-41(33-21-10-5-11-22-33)45(54)51-28-16-27-39(51)44(53)49-42(47-56)40(31-17-6-3-7-18-31)32-19-8-4-9-20-32/h3-4,6-9,12-15,17-20,23-26,30,33,38-42H,5,10-11,16,21-22,27-29H2,1-2H3,(H,48,52)(H,49,53). The van der Waals surface area contributed by atoms with Gasteiger partial charge in [0.25, 0.3) is 0 Å². The molecule has 0 bridgehead atoms. The number of carbonyl (C=O) groups excluding carboxylic acids is 4. The molecule has 2 fully saturated rings. The van der Waals surface area contributed by atoms with Gasteiger partial charge < -0.3 is 20.3 Å². The van der Waals surface area contributed by atoms with E-state index >= 15 is 0 Å². The van der Waals surface area contributed by atoms with E-state index < -0.39 is 55.4 Å². The Morgan fingerprint density at radius 1 is 0.754 bits per heavy atom. The van der Waals surface area contributed by atoms with Crippen LogP contribution in [0.15, 0.2) is 109 Å². The molecule has 4 amide bonds. The van der Waals surface area contributed by atoms with Gasteiger partial charge in [-0.25, -0.2) is 4.79 Å². The van der Waals surface area contributed by atoms with Gasteiger partial charge in [0.15, 0.2) is 21.2 Å². The van der Waals surface area contributed by atoms with Crippen LogP contribution in [-0.4, -0.2) is 76.0 Å². The Kier molecular flexibility index (Phi) is 13.1. The van der Waals surface area contributed by atoms with Crippen LogP contribution in [0.5, 0.6) is 0 Å². The summed E-state index contributed by atoms with van der Waals surface area (Å²) in [6, 6.07) is 33.2. The number of likely N-dealkylation sites (N-methyl/N-ethyl adjacent to an activating group) is 1. The van der Waals surface area contributed by atoms with Crippen LogP contribution < -0.4 is 10.6 Å². The fraction of sp³-hybridized carbons (Fsp3) is 0.391. The predicted octanol–water partition coefficient (Wildman–Crippen LogP) is 7.90. The minimum absolute atomic E-state index is 0.104. The third kappa shape index (κ3) is 8.83. The largest absolute Gasteiger partial charge is 0.448 e. The highest BCUT2D eigenvalue weighted by atomic mass is 127. The quantitative estimate of drug-likeness (QED) is 0.0800. The normalized spacial score (nSPS) is 18.2. The molecule has 3 aliphatic rings. The van der Waals surface area contributed by atoms with Gasteiger partial charge in [-0.15, -0.1) is 0 Å². The van der Waals surface area contributed by atoms with Crippen LogP contribution >= 0.6 is 21.2 Å². The van der Waals surface area contributed by atoms with Crippen molar-refractivity contribution in [3.05, 3.63) is 131 Å². The zero-order valence-electron chi connectivity index (χ0n) is 32.5. The third-order valence-corrected chi connectivity index (χ3v) is 13.7. The average Bonchev–Trinajstić information content (AvgIpc) is 3.88. The second-order valence-corrected chi connectivity index (χ2v) is 17.3. The molecule has 57 heavy (non-hydrogen) atoms. The summed E-state index contributed by atoms with van der Waals surface area (Å²) < 4.78 is 18.1. The zero-order valence-corrected chi connectivity index (χ0v) is 34.7. The summed E-state index contributed by atoms with van der Waals surface area (Å²) in [5.74, 6) is -1.63. The number of ether oxygens (including phenoxy) is 1. The van der Waals surface area contributed by atoms with Crippen molar-refractivity contribution in [3.8, 4) is 11.1 Å². The van der Waals surface area contributed by atoms with Crippen molar-refractivity contribution in [2.75, 3.05) is 20.2 Å². The lowest BCUT2D eigenvalue weighted by Crippen LogP contribution is -2.59. The summed E-state index contributed by atoms with van der Waals surface area (Å²) in [4.78, 5) is 59.0. The highest BCUT2D eigenvalue weighted by molar-refractivity contribution is 14.1. The van der Waals surface area contributed by atoms with Crippen LogP contribution in [-0.2, 0) is 22.2 Å². The van der Waals surface area contributed by atoms with Crippen LogP contribution in [0.2, 0.25) is 0 Å². The smallest absolute Gasteiger partial charge is 0.410 e. The number of rotatable bonds is 13. The Labute approximate surface area is 345 Å². The summed E-state index contributed by atoms with van der Waals surface area (Å²) in [7, 11) is 1.54. The summed E-state index contributed by atoms with van der Waals surface area (Å²) in [5.41, 5.74) is 6.34. The number of hydrogen-bond acceptors (Lipinski definition) is 6. The summed E-state index contributed by atoms with van der Waals surface area (Å²) in [6.45, 7) is 2.14. The first-order valence-corrected chi connectivity index (χ1v) is 22.2. The van der Waals surface area contributed by atoms with Crippen LogP contribution in [0.4, 0.5) is 4.79 Å². The zero-order chi connectivity index (χ0) is 39.9. The van der Waals surface area contributed by atoms with Gasteiger partial charge >= 0.3 is 6.09 Å². The molecule has 1 aliphatic heterocycles. The van der Waals surface area contributed by atoms with Gasteiger partial charge in [0, 0.05) is 25.4 Å². The molecule has 4 aromatic carbocycles. The van der Waals surface area contributed by atoms with Crippen LogP contribution in [0.3, 0.4) is 0 Å². The van der Waals surface area contributed by atoms with Crippen molar-refractivity contribution in [2.45, 2.75) is 85.9 Å². The molecule has 10 nitrogen and oxygen atoms in total. The number of nitrogens with zero attached hydrogens (tertiary/aromatic N) is 2. The van der Waals surface area contributed by atoms with Crippen molar-refractivity contribution in [3.63, 3.8) is 0 Å². The summed E-state index contributed by atoms with van der Waals surface area (Å²) >= 11 is -1.70. The number of alkyl halides is 1. The van der Waals surface area contributed by atoms with E-state index in [2.05, 4.69) is 34.9 Å². The van der Waals surface area contributed by atoms with E-state index in [0.717, 1.165) is 65.5 Å². The molecule has 1 heterocycles. The lowest BCUT2D eigenvalue weighted by atomic mass is 9.83. The van der Waals surface area contributed by atoms with Crippen LogP contribution in [0, 0.1) is 5.92 Å². The molecule has 7 rings (SSSR count). The Morgan fingerprint density at radius 2 is 1.32 bits per heavy atom. The predicted molar refractivity (Wildman–Crippen MR) is 227 cm³/mol. The lowest BCUT2D eigenvalue weighted by Gasteiger charge is -2.36. The topological polar surface area (TPSA) is 125 Å². The second-order valence-electron chi connectivity index (χ2n) is 15.5. The molecule has 2 aliphatic carbocycles. The van der Waals surface area contributed by atoms with Crippen LogP contribution in [0.1, 0.15) is 86.0 Å². The van der Waals surface area contributed by atoms with E-state index in [4.69, 9.17) is 4.74 Å². The van der Waals surface area contributed by atoms with E-state index in [0.29, 0.717) is 19.4 Å². The van der Waals surface area contributed by atoms with Crippen molar-refractivity contribution in [1.29, 1.82) is 0 Å². The van der Waals surface area contributed by atoms with Gasteiger partial charge in [-0.3, -0.25) is 22.4 Å². The molecule has 298 valence electrons. The van der Waals surface area contributed by atoms with Gasteiger partial charge in [-0.1, -0.05) is 128 Å². The highest BCUT2D eigenvalue weighted by Gasteiger charge is 2.43. The molecule has 1 saturated carbocycles. The molecule has 0 radical (unpaired) electrons. The van der Waals surface area contributed by atoms with Crippen molar-refractivity contribution >= 4 is 45.0 Å². The van der Waals surface area contributed by atoms with E-state index in [1.807, 2.05) is 84.9 Å². The number of fused-ring (bicyclic) bond motifs is 3. The SMILES string of the molecule is CC(C(=O)NC(C(=O)N1CCCC1C(=O)NC(I=O)C(c1ccccc1)c1ccccc1)C1CCCCC1)N(C)C(=O)OCC1c2ccccc2-c2ccccc21. The second kappa shape index (κ2) is 18.6. The maximum atomic E-state index is 14.6. The lowest BCUT2D eigenvalue weighted by molar-refractivity contribution is -0.143. The van der Waals surface area contributed by atoms with Gasteiger partial charge in [0.1, 0.15) is 28.8 Å². The molecular weight excluding hydrogens is 831 g/mol. The first kappa shape index (κ1) is 40.3. The van der Waals surface area contributed by atoms with E-state index in [-0.39, 0.29) is 36.2 Å². The van der Waals surface area contributed by atoms with Crippen molar-refractivity contribution < 1.29 is 27.0 Å². The van der Waals surface area contributed by atoms with E-state index in [1.54, 1.807) is 11.8 Å². The number of halogens is 1. The Balaban J connectivity index is 1.03. The molecule has 1 saturated heterocycles. The molecule has 0 spiro atoms. The van der Waals surface area contributed by atoms with Gasteiger partial charge in [-0.2, -0.15) is 0 Å². The number of nitrogens with one attached hydrogen (secondary N) is 2. The third-order valence-electron chi connectivity index (χ3n) is 12.1. The molecule has 4 unspecified atom stereocenters. The minimum atomic E-state index is -1.70. The number of carbonyl (C=O) groups is 4. The molecule has 0 aromatic heterocycles. The molecule has 11 heteroatoms. The maximum Gasteiger partial charge on any atom is 0.410 e. The Bertz CT molecular complexity index is 1970. The average molecular weight is 883 g/mol. The van der Waals surface area contributed by atoms with Crippen LogP contribution in [0.25, 0.3) is 11.1 Å². The van der Waals surface area contributed by atoms with Crippen molar-refractivity contribution in [1.82, 2.24) is 20.4 Å². The fourth-order valence-corrected chi connectivity index (χ4v) is 10.4. The minimum Gasteiger partial charge on any atom is -0.448 e. The molecule has 2 N–H and O–H groups in total. The fourth-order valence-electron chi connectivity index (χ4n) is 8.87. The molecule has 4 aromatic rings. The first-order valence-electron chi connectivity index (χ1n) is 20.1. The summed E-state index contributed by atoms with van der Waals surface area (Å²) in [5, 5.41) is 6.14. The van der Waals surface area contributed by atoms with Gasteiger partial charge in [0.05, 0.1) is 0 Å². The number of likely N-dealkylation sites (tertiary alicyclic amines) is 1. The van der Waals surface area contributed by atoms with E-state index in [1.165, 1.54) is 11.9 Å². The Morgan fingerprint density at radius 3 is 1.89 bits per heavy atom. The van der Waals surface area contributed by atoms with Gasteiger partial charge in [-0.05, 0) is 71.9 Å². The van der Waals surface area contributed by atoms with Crippen molar-refractivity contribution in [2.24, 2.45) is 5.92 Å². The Hall–Kier alpha value is -4.91. The van der Waals surface area contributed by atoms with Gasteiger partial charge in [0.2, 0.25) is 17.7 Å².